The number of nitrogens with one attached hydrogen (secondary N) is 1. The minimum atomic E-state index is -0.0744. The Morgan fingerprint density at radius 1 is 1.00 bits per heavy atom. The number of nitrogens with zero attached hydrogens (tertiary/aromatic N) is 2. The molecule has 130 valence electrons. The van der Waals surface area contributed by atoms with Gasteiger partial charge in [-0.2, -0.15) is 0 Å². The van der Waals surface area contributed by atoms with E-state index < -0.39 is 0 Å². The zero-order chi connectivity index (χ0) is 18.2. The minimum absolute atomic E-state index is 0.0744. The normalized spacial score (nSPS) is 12.6. The van der Waals surface area contributed by atoms with Crippen LogP contribution in [-0.4, -0.2) is 28.6 Å². The number of hydrogen-bond donors (Lipinski definition) is 1. The molecule has 1 aromatic heterocycles. The van der Waals surface area contributed by atoms with Gasteiger partial charge >= 0.3 is 0 Å². The van der Waals surface area contributed by atoms with Crippen molar-refractivity contribution in [1.82, 2.24) is 9.97 Å². The summed E-state index contributed by atoms with van der Waals surface area (Å²) in [6.07, 6.45) is 1.69. The fourth-order valence-corrected chi connectivity index (χ4v) is 3.27. The predicted molar refractivity (Wildman–Crippen MR) is 105 cm³/mol. The third kappa shape index (κ3) is 2.69. The van der Waals surface area contributed by atoms with Crippen molar-refractivity contribution in [2.75, 3.05) is 6.61 Å². The lowest BCUT2D eigenvalue weighted by Crippen LogP contribution is -2.06. The second-order valence-corrected chi connectivity index (χ2v) is 6.28. The number of carbonyl (C=O) groups excluding carboxylic acids is 1. The predicted octanol–water partition coefficient (Wildman–Crippen LogP) is 4.56. The number of aromatic nitrogens is 2. The number of hydrogen-bond acceptors (Lipinski definition) is 4. The average Bonchev–Trinajstić information content (AvgIpc) is 3.17. The maximum atomic E-state index is 13.2. The van der Waals surface area contributed by atoms with Gasteiger partial charge in [0, 0.05) is 22.9 Å². The van der Waals surface area contributed by atoms with Crippen LogP contribution >= 0.6 is 0 Å². The summed E-state index contributed by atoms with van der Waals surface area (Å²) < 4.78 is 5.52. The largest absolute Gasteiger partial charge is 0.486 e. The van der Waals surface area contributed by atoms with Crippen LogP contribution in [0, 0.1) is 0 Å². The van der Waals surface area contributed by atoms with E-state index in [0.717, 1.165) is 16.6 Å². The molecule has 0 bridgehead atoms. The molecule has 4 aromatic rings. The van der Waals surface area contributed by atoms with Crippen molar-refractivity contribution in [2.24, 2.45) is 4.99 Å². The molecular formula is C22H15N3O2. The van der Waals surface area contributed by atoms with Gasteiger partial charge in [-0.25, -0.2) is 4.98 Å². The molecule has 2 heterocycles. The van der Waals surface area contributed by atoms with Crippen LogP contribution in [0.15, 0.2) is 71.7 Å². The summed E-state index contributed by atoms with van der Waals surface area (Å²) in [7, 11) is 0. The second kappa shape index (κ2) is 6.21. The maximum Gasteiger partial charge on any atom is 0.193 e. The molecule has 0 spiro atoms. The Morgan fingerprint density at radius 3 is 2.78 bits per heavy atom. The fourth-order valence-electron chi connectivity index (χ4n) is 3.27. The molecule has 0 amide bonds. The van der Waals surface area contributed by atoms with Gasteiger partial charge in [0.25, 0.3) is 0 Å². The van der Waals surface area contributed by atoms with E-state index in [4.69, 9.17) is 4.74 Å². The van der Waals surface area contributed by atoms with Gasteiger partial charge in [0.05, 0.1) is 11.0 Å². The number of carbonyl (C=O) groups is 1. The van der Waals surface area contributed by atoms with Crippen LogP contribution in [0.3, 0.4) is 0 Å². The minimum Gasteiger partial charge on any atom is -0.486 e. The lowest BCUT2D eigenvalue weighted by atomic mass is 9.97. The number of rotatable bonds is 3. The van der Waals surface area contributed by atoms with Crippen LogP contribution in [0.4, 0.5) is 5.69 Å². The van der Waals surface area contributed by atoms with E-state index in [1.807, 2.05) is 48.5 Å². The van der Waals surface area contributed by atoms with Gasteiger partial charge in [-0.3, -0.25) is 9.79 Å². The Bertz CT molecular complexity index is 1170. The summed E-state index contributed by atoms with van der Waals surface area (Å²) in [6, 6.07) is 20.6. The quantitative estimate of drug-likeness (QED) is 0.549. The molecule has 0 unspecified atom stereocenters. The van der Waals surface area contributed by atoms with Crippen molar-refractivity contribution in [3.63, 3.8) is 0 Å². The van der Waals surface area contributed by atoms with Crippen LogP contribution in [0.2, 0.25) is 0 Å². The first-order valence-electron chi connectivity index (χ1n) is 8.68. The highest BCUT2D eigenvalue weighted by Gasteiger charge is 2.18. The number of ether oxygens (including phenoxy) is 1. The number of benzene rings is 3. The molecule has 27 heavy (non-hydrogen) atoms. The van der Waals surface area contributed by atoms with Crippen molar-refractivity contribution in [1.29, 1.82) is 0 Å². The molecule has 0 atom stereocenters. The van der Waals surface area contributed by atoms with E-state index in [0.29, 0.717) is 35.0 Å². The number of aromatic amines is 1. The van der Waals surface area contributed by atoms with Crippen molar-refractivity contribution in [3.8, 4) is 17.1 Å². The van der Waals surface area contributed by atoms with E-state index in [2.05, 4.69) is 15.0 Å². The van der Waals surface area contributed by atoms with Gasteiger partial charge in [0.1, 0.15) is 23.9 Å². The van der Waals surface area contributed by atoms with Crippen molar-refractivity contribution in [3.05, 3.63) is 77.9 Å². The highest BCUT2D eigenvalue weighted by atomic mass is 16.5. The molecular weight excluding hydrogens is 338 g/mol. The second-order valence-electron chi connectivity index (χ2n) is 6.28. The number of para-hydroxylation sites is 2. The first-order valence-corrected chi connectivity index (χ1v) is 8.68. The molecule has 1 aliphatic heterocycles. The molecule has 0 radical (unpaired) electrons. The topological polar surface area (TPSA) is 67.3 Å². The number of H-pyrrole nitrogens is 1. The van der Waals surface area contributed by atoms with Crippen LogP contribution in [0.5, 0.6) is 5.75 Å². The summed E-state index contributed by atoms with van der Waals surface area (Å²) in [5, 5.41) is 0. The number of fused-ring (bicyclic) bond motifs is 2. The van der Waals surface area contributed by atoms with Crippen LogP contribution in [0.25, 0.3) is 22.4 Å². The fraction of sp³-hybridized carbons (Fsp3) is 0.0455. The molecule has 0 saturated heterocycles. The Morgan fingerprint density at radius 2 is 1.85 bits per heavy atom. The maximum absolute atomic E-state index is 13.2. The van der Waals surface area contributed by atoms with E-state index in [1.165, 1.54) is 0 Å². The SMILES string of the molecule is O=C(c1ccc2c(c1)N=CCO2)c1ccccc1-c1nc2ccccc2[nH]1. The van der Waals surface area contributed by atoms with Gasteiger partial charge in [-0.05, 0) is 30.3 Å². The highest BCUT2D eigenvalue weighted by Crippen LogP contribution is 2.32. The molecule has 5 rings (SSSR count). The first kappa shape index (κ1) is 15.5. The van der Waals surface area contributed by atoms with Gasteiger partial charge < -0.3 is 9.72 Å². The Labute approximate surface area is 155 Å². The Kier molecular flexibility index (Phi) is 3.57. The summed E-state index contributed by atoms with van der Waals surface area (Å²) in [5.74, 6) is 1.30. The van der Waals surface area contributed by atoms with Gasteiger partial charge in [-0.1, -0.05) is 36.4 Å². The smallest absolute Gasteiger partial charge is 0.193 e. The highest BCUT2D eigenvalue weighted by molar-refractivity contribution is 6.13. The number of ketones is 1. The van der Waals surface area contributed by atoms with Gasteiger partial charge in [0.15, 0.2) is 5.78 Å². The third-order valence-electron chi connectivity index (χ3n) is 4.58. The van der Waals surface area contributed by atoms with Crippen molar-refractivity contribution < 1.29 is 9.53 Å². The lowest BCUT2D eigenvalue weighted by Gasteiger charge is -2.13. The zero-order valence-corrected chi connectivity index (χ0v) is 14.3. The van der Waals surface area contributed by atoms with Crippen molar-refractivity contribution in [2.45, 2.75) is 0 Å². The van der Waals surface area contributed by atoms with Crippen LogP contribution < -0.4 is 4.74 Å². The molecule has 5 nitrogen and oxygen atoms in total. The number of aliphatic imine (C=N–C) groups is 1. The lowest BCUT2D eigenvalue weighted by molar-refractivity contribution is 0.103. The molecule has 1 N–H and O–H groups in total. The molecule has 0 saturated carbocycles. The van der Waals surface area contributed by atoms with E-state index in [-0.39, 0.29) is 5.78 Å². The van der Waals surface area contributed by atoms with Crippen LogP contribution in [0.1, 0.15) is 15.9 Å². The van der Waals surface area contributed by atoms with E-state index in [9.17, 15) is 4.79 Å². The number of imidazole rings is 1. The third-order valence-corrected chi connectivity index (χ3v) is 4.58. The zero-order valence-electron chi connectivity index (χ0n) is 14.3. The standard InChI is InChI=1S/C22H15N3O2/c26-21(14-9-10-20-19(13-14)23-11-12-27-20)15-5-1-2-6-16(15)22-24-17-7-3-4-8-18(17)25-22/h1-11,13H,12H2,(H,24,25). The Balaban J connectivity index is 1.60. The van der Waals surface area contributed by atoms with Crippen LogP contribution in [-0.2, 0) is 0 Å². The molecule has 5 heteroatoms. The van der Waals surface area contributed by atoms with Gasteiger partial charge in [0.2, 0.25) is 0 Å². The van der Waals surface area contributed by atoms with E-state index >= 15 is 0 Å². The first-order chi connectivity index (χ1) is 13.3. The Hall–Kier alpha value is -3.73. The molecule has 0 aliphatic carbocycles. The monoisotopic (exact) mass is 353 g/mol. The van der Waals surface area contributed by atoms with Gasteiger partial charge in [-0.15, -0.1) is 0 Å². The summed E-state index contributed by atoms with van der Waals surface area (Å²) in [4.78, 5) is 25.5. The summed E-state index contributed by atoms with van der Waals surface area (Å²) >= 11 is 0. The molecule has 0 fully saturated rings. The molecule has 1 aliphatic rings. The van der Waals surface area contributed by atoms with E-state index in [1.54, 1.807) is 24.4 Å². The molecule has 3 aromatic carbocycles. The van der Waals surface area contributed by atoms with Crippen molar-refractivity contribution >= 4 is 28.7 Å². The summed E-state index contributed by atoms with van der Waals surface area (Å²) in [6.45, 7) is 0.454. The summed E-state index contributed by atoms with van der Waals surface area (Å²) in [5.41, 5.74) is 4.42. The average molecular weight is 353 g/mol.